The van der Waals surface area contributed by atoms with Crippen molar-refractivity contribution < 1.29 is 17.9 Å². The minimum atomic E-state index is -3.66. The molecule has 1 fully saturated rings. The van der Waals surface area contributed by atoms with E-state index in [0.717, 1.165) is 5.56 Å². The Morgan fingerprint density at radius 2 is 1.93 bits per heavy atom. The van der Waals surface area contributed by atoms with Gasteiger partial charge in [-0.25, -0.2) is 8.42 Å². The first kappa shape index (κ1) is 20.6. The van der Waals surface area contributed by atoms with E-state index in [1.807, 2.05) is 6.92 Å². The fourth-order valence-electron chi connectivity index (χ4n) is 3.25. The first-order chi connectivity index (χ1) is 13.3. The molecule has 0 bridgehead atoms. The molecule has 28 heavy (non-hydrogen) atoms. The molecule has 0 radical (unpaired) electrons. The van der Waals surface area contributed by atoms with Crippen LogP contribution >= 0.6 is 11.6 Å². The third-order valence-electron chi connectivity index (χ3n) is 4.98. The number of nitrogens with one attached hydrogen (secondary N) is 1. The predicted molar refractivity (Wildman–Crippen MR) is 109 cm³/mol. The molecular formula is C20H23ClN2O4S. The third kappa shape index (κ3) is 4.32. The number of halogens is 1. The van der Waals surface area contributed by atoms with E-state index in [2.05, 4.69) is 5.32 Å². The van der Waals surface area contributed by atoms with Crippen LogP contribution in [0.4, 0.5) is 5.69 Å². The Balaban J connectivity index is 1.73. The van der Waals surface area contributed by atoms with E-state index in [-0.39, 0.29) is 17.3 Å². The Bertz CT molecular complexity index is 961. The van der Waals surface area contributed by atoms with Crippen LogP contribution in [0.1, 0.15) is 18.4 Å². The van der Waals surface area contributed by atoms with Crippen molar-refractivity contribution in [1.82, 2.24) is 4.31 Å². The van der Waals surface area contributed by atoms with Gasteiger partial charge in [0.2, 0.25) is 15.9 Å². The van der Waals surface area contributed by atoms with Crippen molar-refractivity contribution in [2.75, 3.05) is 25.5 Å². The van der Waals surface area contributed by atoms with Crippen LogP contribution in [0.3, 0.4) is 0 Å². The van der Waals surface area contributed by atoms with Gasteiger partial charge in [-0.1, -0.05) is 17.7 Å². The first-order valence-corrected chi connectivity index (χ1v) is 10.8. The van der Waals surface area contributed by atoms with Crippen molar-refractivity contribution in [2.45, 2.75) is 24.7 Å². The number of piperidine rings is 1. The van der Waals surface area contributed by atoms with Gasteiger partial charge in [-0.15, -0.1) is 0 Å². The molecule has 150 valence electrons. The predicted octanol–water partition coefficient (Wildman–Crippen LogP) is 3.70. The summed E-state index contributed by atoms with van der Waals surface area (Å²) in [6.07, 6.45) is 1.27. The number of amides is 1. The number of nitrogens with zero attached hydrogens (tertiary/aromatic N) is 1. The topological polar surface area (TPSA) is 75.7 Å². The molecule has 2 aromatic rings. The molecular weight excluding hydrogens is 400 g/mol. The lowest BCUT2D eigenvalue weighted by Gasteiger charge is -2.31. The Hall–Kier alpha value is -2.09. The van der Waals surface area contributed by atoms with Crippen LogP contribution < -0.4 is 10.1 Å². The normalized spacial score (nSPS) is 17.9. The van der Waals surface area contributed by atoms with Crippen molar-refractivity contribution in [3.8, 4) is 5.75 Å². The molecule has 2 aromatic carbocycles. The van der Waals surface area contributed by atoms with Gasteiger partial charge < -0.3 is 10.1 Å². The number of methoxy groups -OCH3 is 1. The minimum Gasteiger partial charge on any atom is -0.497 e. The number of rotatable bonds is 5. The van der Waals surface area contributed by atoms with Crippen LogP contribution in [0.2, 0.25) is 5.02 Å². The average Bonchev–Trinajstić information content (AvgIpc) is 2.71. The summed E-state index contributed by atoms with van der Waals surface area (Å²) in [6.45, 7) is 2.38. The molecule has 0 spiro atoms. The molecule has 8 heteroatoms. The molecule has 6 nitrogen and oxygen atoms in total. The maximum Gasteiger partial charge on any atom is 0.243 e. The summed E-state index contributed by atoms with van der Waals surface area (Å²) < 4.78 is 32.4. The van der Waals surface area contributed by atoms with Gasteiger partial charge in [0.25, 0.3) is 0 Å². The maximum absolute atomic E-state index is 12.9. The summed E-state index contributed by atoms with van der Waals surface area (Å²) in [5.41, 5.74) is 1.43. The summed E-state index contributed by atoms with van der Waals surface area (Å²) in [6, 6.07) is 11.6. The van der Waals surface area contributed by atoms with Crippen molar-refractivity contribution in [3.63, 3.8) is 0 Å². The molecule has 1 amide bonds. The van der Waals surface area contributed by atoms with Gasteiger partial charge >= 0.3 is 0 Å². The van der Waals surface area contributed by atoms with E-state index in [4.69, 9.17) is 16.3 Å². The van der Waals surface area contributed by atoms with Crippen LogP contribution in [0.5, 0.6) is 5.75 Å². The zero-order valence-electron chi connectivity index (χ0n) is 15.8. The molecule has 1 aliphatic heterocycles. The van der Waals surface area contributed by atoms with Gasteiger partial charge in [-0.2, -0.15) is 4.31 Å². The second-order valence-corrected chi connectivity index (χ2v) is 9.12. The number of hydrogen-bond acceptors (Lipinski definition) is 4. The molecule has 0 saturated carbocycles. The van der Waals surface area contributed by atoms with E-state index in [0.29, 0.717) is 35.8 Å². The highest BCUT2D eigenvalue weighted by atomic mass is 35.5. The van der Waals surface area contributed by atoms with Crippen LogP contribution in [-0.2, 0) is 14.8 Å². The largest absolute Gasteiger partial charge is 0.497 e. The number of hydrogen-bond donors (Lipinski definition) is 1. The summed E-state index contributed by atoms with van der Waals surface area (Å²) in [5, 5.41) is 3.46. The number of carbonyl (C=O) groups excluding carboxylic acids is 1. The summed E-state index contributed by atoms with van der Waals surface area (Å²) in [7, 11) is -2.14. The second-order valence-electron chi connectivity index (χ2n) is 6.78. The van der Waals surface area contributed by atoms with Crippen LogP contribution in [0, 0.1) is 12.8 Å². The van der Waals surface area contributed by atoms with Crippen LogP contribution in [-0.4, -0.2) is 38.8 Å². The van der Waals surface area contributed by atoms with Crippen LogP contribution in [0.25, 0.3) is 0 Å². The summed E-state index contributed by atoms with van der Waals surface area (Å²) in [4.78, 5) is 12.9. The van der Waals surface area contributed by atoms with Crippen molar-refractivity contribution in [1.29, 1.82) is 0 Å². The molecule has 1 N–H and O–H groups in total. The first-order valence-electron chi connectivity index (χ1n) is 9.03. The minimum absolute atomic E-state index is 0.153. The number of sulfonamides is 1. The molecule has 3 rings (SSSR count). The van der Waals surface area contributed by atoms with Gasteiger partial charge in [0.1, 0.15) is 5.75 Å². The van der Waals surface area contributed by atoms with Gasteiger partial charge in [-0.3, -0.25) is 4.79 Å². The fourth-order valence-corrected chi connectivity index (χ4v) is 4.95. The molecule has 1 unspecified atom stereocenters. The lowest BCUT2D eigenvalue weighted by molar-refractivity contribution is -0.120. The third-order valence-corrected chi connectivity index (χ3v) is 7.27. The van der Waals surface area contributed by atoms with Gasteiger partial charge in [0.15, 0.2) is 0 Å². The Kier molecular flexibility index (Phi) is 6.27. The van der Waals surface area contributed by atoms with E-state index in [1.54, 1.807) is 30.3 Å². The zero-order valence-corrected chi connectivity index (χ0v) is 17.4. The molecule has 0 aromatic heterocycles. The van der Waals surface area contributed by atoms with Crippen molar-refractivity contribution in [2.24, 2.45) is 5.92 Å². The van der Waals surface area contributed by atoms with E-state index < -0.39 is 15.9 Å². The molecule has 1 heterocycles. The molecule has 1 atom stereocenters. The Labute approximate surface area is 170 Å². The highest BCUT2D eigenvalue weighted by Crippen LogP contribution is 2.27. The molecule has 1 aliphatic rings. The average molecular weight is 423 g/mol. The lowest BCUT2D eigenvalue weighted by atomic mass is 9.98. The quantitative estimate of drug-likeness (QED) is 0.797. The standard InChI is InChI=1S/C20H23ClN2O4S/c1-14-18(21)6-3-7-19(14)22-20(24)15-5-4-12-23(13-15)28(25,26)17-10-8-16(27-2)9-11-17/h3,6-11,15H,4-5,12-13H2,1-2H3,(H,22,24). The van der Waals surface area contributed by atoms with Gasteiger partial charge in [0.05, 0.1) is 17.9 Å². The Morgan fingerprint density at radius 3 is 2.61 bits per heavy atom. The molecule has 1 saturated heterocycles. The van der Waals surface area contributed by atoms with E-state index in [1.165, 1.54) is 23.5 Å². The van der Waals surface area contributed by atoms with Crippen LogP contribution in [0.15, 0.2) is 47.4 Å². The number of anilines is 1. The van der Waals surface area contributed by atoms with Gasteiger partial charge in [-0.05, 0) is 61.7 Å². The SMILES string of the molecule is COc1ccc(S(=O)(=O)N2CCCC(C(=O)Nc3cccc(Cl)c3C)C2)cc1. The lowest BCUT2D eigenvalue weighted by Crippen LogP contribution is -2.43. The maximum atomic E-state index is 12.9. The van der Waals surface area contributed by atoms with Crippen molar-refractivity contribution >= 4 is 33.2 Å². The number of ether oxygens (including phenoxy) is 1. The van der Waals surface area contributed by atoms with Crippen molar-refractivity contribution in [3.05, 3.63) is 53.1 Å². The van der Waals surface area contributed by atoms with E-state index >= 15 is 0 Å². The fraction of sp³-hybridized carbons (Fsp3) is 0.350. The zero-order chi connectivity index (χ0) is 20.3. The monoisotopic (exact) mass is 422 g/mol. The van der Waals surface area contributed by atoms with Gasteiger partial charge in [0, 0.05) is 23.8 Å². The second kappa shape index (κ2) is 8.51. The highest BCUT2D eigenvalue weighted by molar-refractivity contribution is 7.89. The molecule has 0 aliphatic carbocycles. The number of benzene rings is 2. The Morgan fingerprint density at radius 1 is 1.21 bits per heavy atom. The van der Waals surface area contributed by atoms with E-state index in [9.17, 15) is 13.2 Å². The smallest absolute Gasteiger partial charge is 0.243 e. The summed E-state index contributed by atoms with van der Waals surface area (Å²) >= 11 is 6.11. The number of carbonyl (C=O) groups is 1. The highest BCUT2D eigenvalue weighted by Gasteiger charge is 2.33. The summed E-state index contributed by atoms with van der Waals surface area (Å²) in [5.74, 6) is -0.0214.